The maximum absolute atomic E-state index is 13.0. The van der Waals surface area contributed by atoms with E-state index in [4.69, 9.17) is 14.2 Å². The van der Waals surface area contributed by atoms with Crippen molar-refractivity contribution in [1.29, 1.82) is 0 Å². The van der Waals surface area contributed by atoms with Crippen LogP contribution in [0.25, 0.3) is 11.3 Å². The molecule has 2 aromatic carbocycles. The molecule has 2 aliphatic rings. The number of H-pyrrole nitrogens is 1. The molecule has 0 bridgehead atoms. The van der Waals surface area contributed by atoms with Gasteiger partial charge < -0.3 is 19.1 Å². The molecule has 1 amide bonds. The van der Waals surface area contributed by atoms with Gasteiger partial charge >= 0.3 is 0 Å². The van der Waals surface area contributed by atoms with Crippen LogP contribution >= 0.6 is 0 Å². The molecule has 3 aromatic rings. The Morgan fingerprint density at radius 3 is 2.90 bits per heavy atom. The minimum atomic E-state index is -0.0211. The Morgan fingerprint density at radius 2 is 2.00 bits per heavy atom. The summed E-state index contributed by atoms with van der Waals surface area (Å²) < 4.78 is 16.7. The number of piperidine rings is 1. The van der Waals surface area contributed by atoms with Gasteiger partial charge in [0.05, 0.1) is 18.9 Å². The van der Waals surface area contributed by atoms with Crippen LogP contribution in [0.2, 0.25) is 0 Å². The summed E-state index contributed by atoms with van der Waals surface area (Å²) >= 11 is 0. The topological polar surface area (TPSA) is 76.7 Å². The van der Waals surface area contributed by atoms with Gasteiger partial charge in [0.1, 0.15) is 5.69 Å². The van der Waals surface area contributed by atoms with Crippen LogP contribution in [0.15, 0.2) is 54.6 Å². The number of hydrogen-bond acceptors (Lipinski definition) is 5. The Kier molecular flexibility index (Phi) is 5.58. The van der Waals surface area contributed by atoms with Gasteiger partial charge in [-0.1, -0.05) is 30.3 Å². The fourth-order valence-electron chi connectivity index (χ4n) is 4.11. The lowest BCUT2D eigenvalue weighted by molar-refractivity contribution is 0.0422. The lowest BCUT2D eigenvalue weighted by Gasteiger charge is -2.32. The van der Waals surface area contributed by atoms with Crippen LogP contribution in [0.3, 0.4) is 0 Å². The van der Waals surface area contributed by atoms with Gasteiger partial charge in [-0.2, -0.15) is 5.10 Å². The number of likely N-dealkylation sites (tertiary alicyclic amines) is 1. The van der Waals surface area contributed by atoms with Gasteiger partial charge in [-0.25, -0.2) is 0 Å². The summed E-state index contributed by atoms with van der Waals surface area (Å²) in [4.78, 5) is 14.9. The molecule has 31 heavy (non-hydrogen) atoms. The quantitative estimate of drug-likeness (QED) is 0.656. The summed E-state index contributed by atoms with van der Waals surface area (Å²) in [7, 11) is 0. The molecule has 3 heterocycles. The van der Waals surface area contributed by atoms with Crippen molar-refractivity contribution < 1.29 is 19.0 Å². The molecule has 2 aliphatic heterocycles. The SMILES string of the molecule is O=C(c1cc(-c2ccc3c(c2)OCO3)n[nH]1)N1CCC[C@H](COCc2ccccc2)C1. The molecule has 0 unspecified atom stereocenters. The highest BCUT2D eigenvalue weighted by atomic mass is 16.7. The molecule has 7 heteroatoms. The van der Waals surface area contributed by atoms with E-state index in [0.29, 0.717) is 42.8 Å². The predicted octanol–water partition coefficient (Wildman–Crippen LogP) is 3.87. The number of aromatic amines is 1. The molecule has 0 spiro atoms. The number of carbonyl (C=O) groups is 1. The lowest BCUT2D eigenvalue weighted by Crippen LogP contribution is -2.41. The Labute approximate surface area is 180 Å². The van der Waals surface area contributed by atoms with Crippen LogP contribution in [0.4, 0.5) is 0 Å². The van der Waals surface area contributed by atoms with Crippen molar-refractivity contribution in [1.82, 2.24) is 15.1 Å². The summed E-state index contributed by atoms with van der Waals surface area (Å²) in [6.07, 6.45) is 2.05. The lowest BCUT2D eigenvalue weighted by atomic mass is 9.98. The number of nitrogens with one attached hydrogen (secondary N) is 1. The Bertz CT molecular complexity index is 1050. The fourth-order valence-corrected chi connectivity index (χ4v) is 4.11. The second kappa shape index (κ2) is 8.81. The van der Waals surface area contributed by atoms with E-state index in [-0.39, 0.29) is 12.7 Å². The molecule has 1 N–H and O–H groups in total. The molecule has 1 fully saturated rings. The number of nitrogens with zero attached hydrogens (tertiary/aromatic N) is 2. The van der Waals surface area contributed by atoms with Crippen LogP contribution in [-0.2, 0) is 11.3 Å². The average molecular weight is 419 g/mol. The van der Waals surface area contributed by atoms with E-state index >= 15 is 0 Å². The molecule has 7 nitrogen and oxygen atoms in total. The number of ether oxygens (including phenoxy) is 3. The number of rotatable bonds is 6. The predicted molar refractivity (Wildman–Crippen MR) is 115 cm³/mol. The highest BCUT2D eigenvalue weighted by Crippen LogP contribution is 2.35. The first kappa shape index (κ1) is 19.6. The Morgan fingerprint density at radius 1 is 1.13 bits per heavy atom. The third-order valence-corrected chi connectivity index (χ3v) is 5.75. The summed E-state index contributed by atoms with van der Waals surface area (Å²) in [5.74, 6) is 1.75. The zero-order valence-corrected chi connectivity index (χ0v) is 17.3. The van der Waals surface area contributed by atoms with E-state index in [2.05, 4.69) is 22.3 Å². The van der Waals surface area contributed by atoms with Gasteiger partial charge in [-0.05, 0) is 48.6 Å². The minimum absolute atomic E-state index is 0.0211. The summed E-state index contributed by atoms with van der Waals surface area (Å²) in [5.41, 5.74) is 3.25. The first-order chi connectivity index (χ1) is 15.3. The van der Waals surface area contributed by atoms with E-state index in [1.54, 1.807) is 6.07 Å². The molecule has 1 saturated heterocycles. The molecule has 1 atom stereocenters. The van der Waals surface area contributed by atoms with Gasteiger partial charge in [0.2, 0.25) is 6.79 Å². The van der Waals surface area contributed by atoms with E-state index in [9.17, 15) is 4.79 Å². The third kappa shape index (κ3) is 4.41. The van der Waals surface area contributed by atoms with Crippen molar-refractivity contribution in [3.05, 3.63) is 65.9 Å². The summed E-state index contributed by atoms with van der Waals surface area (Å²) in [5, 5.41) is 7.24. The summed E-state index contributed by atoms with van der Waals surface area (Å²) in [6.45, 7) is 2.95. The molecule has 5 rings (SSSR count). The highest BCUT2D eigenvalue weighted by Gasteiger charge is 2.26. The highest BCUT2D eigenvalue weighted by molar-refractivity contribution is 5.93. The zero-order valence-electron chi connectivity index (χ0n) is 17.3. The molecule has 0 radical (unpaired) electrons. The normalized spacial score (nSPS) is 17.7. The van der Waals surface area contributed by atoms with Crippen molar-refractivity contribution in [2.45, 2.75) is 19.4 Å². The fraction of sp³-hybridized carbons (Fsp3) is 0.333. The van der Waals surface area contributed by atoms with Crippen LogP contribution in [-0.4, -0.2) is 47.5 Å². The number of amides is 1. The van der Waals surface area contributed by atoms with Gasteiger partial charge in [-0.3, -0.25) is 9.89 Å². The van der Waals surface area contributed by atoms with E-state index in [1.807, 2.05) is 41.3 Å². The average Bonchev–Trinajstić information content (AvgIpc) is 3.49. The van der Waals surface area contributed by atoms with Crippen molar-refractivity contribution in [3.63, 3.8) is 0 Å². The van der Waals surface area contributed by atoms with Crippen LogP contribution in [0, 0.1) is 5.92 Å². The second-order valence-electron chi connectivity index (χ2n) is 8.00. The number of aromatic nitrogens is 2. The third-order valence-electron chi connectivity index (χ3n) is 5.75. The van der Waals surface area contributed by atoms with Crippen LogP contribution in [0.5, 0.6) is 11.5 Å². The number of fused-ring (bicyclic) bond motifs is 1. The number of hydrogen-bond donors (Lipinski definition) is 1. The molecule has 160 valence electrons. The second-order valence-corrected chi connectivity index (χ2v) is 8.00. The smallest absolute Gasteiger partial charge is 0.271 e. The van der Waals surface area contributed by atoms with Gasteiger partial charge in [0, 0.05) is 18.7 Å². The molecule has 1 aromatic heterocycles. The minimum Gasteiger partial charge on any atom is -0.454 e. The van der Waals surface area contributed by atoms with Crippen LogP contribution in [0.1, 0.15) is 28.9 Å². The molecule has 0 saturated carbocycles. The summed E-state index contributed by atoms with van der Waals surface area (Å²) in [6, 6.07) is 17.6. The van der Waals surface area contributed by atoms with Gasteiger partial charge in [0.15, 0.2) is 11.5 Å². The van der Waals surface area contributed by atoms with Gasteiger partial charge in [-0.15, -0.1) is 0 Å². The Balaban J connectivity index is 1.19. The van der Waals surface area contributed by atoms with Crippen molar-refractivity contribution in [2.75, 3.05) is 26.5 Å². The van der Waals surface area contributed by atoms with Crippen molar-refractivity contribution in [3.8, 4) is 22.8 Å². The number of carbonyl (C=O) groups excluding carboxylic acids is 1. The van der Waals surface area contributed by atoms with Crippen molar-refractivity contribution in [2.24, 2.45) is 5.92 Å². The number of benzene rings is 2. The molecule has 0 aliphatic carbocycles. The maximum atomic E-state index is 13.0. The standard InChI is InChI=1S/C24H25N3O4/c28-24(21-12-20(25-26-21)19-8-9-22-23(11-19)31-16-30-22)27-10-4-7-18(13-27)15-29-14-17-5-2-1-3-6-17/h1-3,5-6,8-9,11-12,18H,4,7,10,13-16H2,(H,25,26)/t18-/m0/s1. The maximum Gasteiger partial charge on any atom is 0.271 e. The van der Waals surface area contributed by atoms with Gasteiger partial charge in [0.25, 0.3) is 5.91 Å². The van der Waals surface area contributed by atoms with E-state index in [1.165, 1.54) is 5.56 Å². The Hall–Kier alpha value is -3.32. The first-order valence-electron chi connectivity index (χ1n) is 10.6. The van der Waals surface area contributed by atoms with E-state index in [0.717, 1.165) is 30.7 Å². The monoisotopic (exact) mass is 419 g/mol. The molecular weight excluding hydrogens is 394 g/mol. The van der Waals surface area contributed by atoms with Crippen molar-refractivity contribution >= 4 is 5.91 Å². The largest absolute Gasteiger partial charge is 0.454 e. The van der Waals surface area contributed by atoms with Crippen LogP contribution < -0.4 is 9.47 Å². The zero-order chi connectivity index (χ0) is 21.0. The first-order valence-corrected chi connectivity index (χ1v) is 10.6. The molecular formula is C24H25N3O4. The van der Waals surface area contributed by atoms with E-state index < -0.39 is 0 Å².